The summed E-state index contributed by atoms with van der Waals surface area (Å²) in [5.74, 6) is 0. The van der Waals surface area contributed by atoms with E-state index >= 15 is 0 Å². The first kappa shape index (κ1) is 11.3. The van der Waals surface area contributed by atoms with Gasteiger partial charge in [-0.25, -0.2) is 0 Å². The third kappa shape index (κ3) is 1.45. The number of allylic oxidation sites excluding steroid dienone is 1. The van der Waals surface area contributed by atoms with Crippen LogP contribution >= 0.6 is 0 Å². The molecule has 0 aromatic heterocycles. The van der Waals surface area contributed by atoms with Crippen molar-refractivity contribution in [2.24, 2.45) is 0 Å². The molecule has 0 fully saturated rings. The maximum Gasteiger partial charge on any atom is 0.0159 e. The van der Waals surface area contributed by atoms with Crippen molar-refractivity contribution in [3.05, 3.63) is 65.2 Å². The Morgan fingerprint density at radius 2 is 1.61 bits per heavy atom. The van der Waals surface area contributed by atoms with Crippen LogP contribution in [0, 0.1) is 0 Å². The highest BCUT2D eigenvalue weighted by molar-refractivity contribution is 5.81. The summed E-state index contributed by atoms with van der Waals surface area (Å²) in [6, 6.07) is 15.6. The van der Waals surface area contributed by atoms with Crippen molar-refractivity contribution >= 4 is 6.08 Å². The lowest BCUT2D eigenvalue weighted by Crippen LogP contribution is -2.14. The molecule has 0 bridgehead atoms. The quantitative estimate of drug-likeness (QED) is 0.649. The molecule has 0 heterocycles. The number of rotatable bonds is 1. The zero-order chi connectivity index (χ0) is 12.8. The standard InChI is InChI=1S/C18H18/c1-4-7-13-10-11-15-14-8-5-6-9-16(14)18(2,3)17(15)12-13/h4-12H,1-3H3/b7-4+. The molecule has 1 aliphatic carbocycles. The van der Waals surface area contributed by atoms with Crippen LogP contribution < -0.4 is 0 Å². The van der Waals surface area contributed by atoms with E-state index in [1.165, 1.54) is 27.8 Å². The summed E-state index contributed by atoms with van der Waals surface area (Å²) in [4.78, 5) is 0. The highest BCUT2D eigenvalue weighted by Crippen LogP contribution is 2.48. The van der Waals surface area contributed by atoms with Crippen molar-refractivity contribution in [1.29, 1.82) is 0 Å². The van der Waals surface area contributed by atoms with Crippen LogP contribution in [0.15, 0.2) is 48.5 Å². The molecule has 2 aromatic rings. The van der Waals surface area contributed by atoms with Crippen molar-refractivity contribution in [3.8, 4) is 11.1 Å². The van der Waals surface area contributed by atoms with Gasteiger partial charge < -0.3 is 0 Å². The molecule has 0 heteroatoms. The molecule has 0 unspecified atom stereocenters. The van der Waals surface area contributed by atoms with E-state index in [-0.39, 0.29) is 5.41 Å². The Kier molecular flexibility index (Phi) is 2.41. The van der Waals surface area contributed by atoms with Gasteiger partial charge >= 0.3 is 0 Å². The van der Waals surface area contributed by atoms with E-state index in [1.807, 2.05) is 0 Å². The van der Waals surface area contributed by atoms with Gasteiger partial charge in [-0.1, -0.05) is 68.5 Å². The van der Waals surface area contributed by atoms with E-state index in [0.717, 1.165) is 0 Å². The Morgan fingerprint density at radius 3 is 2.39 bits per heavy atom. The molecule has 1 aliphatic rings. The summed E-state index contributed by atoms with van der Waals surface area (Å²) in [7, 11) is 0. The summed E-state index contributed by atoms with van der Waals surface area (Å²) in [5.41, 5.74) is 7.08. The summed E-state index contributed by atoms with van der Waals surface area (Å²) in [5, 5.41) is 0. The third-order valence-electron chi connectivity index (χ3n) is 3.97. The SMILES string of the molecule is C/C=C/c1ccc2c(c1)C(C)(C)c1ccccc1-2. The van der Waals surface area contributed by atoms with E-state index < -0.39 is 0 Å². The van der Waals surface area contributed by atoms with Crippen LogP contribution in [-0.2, 0) is 5.41 Å². The van der Waals surface area contributed by atoms with Gasteiger partial charge in [0.05, 0.1) is 0 Å². The lowest BCUT2D eigenvalue weighted by molar-refractivity contribution is 0.660. The topological polar surface area (TPSA) is 0 Å². The van der Waals surface area contributed by atoms with Crippen LogP contribution in [-0.4, -0.2) is 0 Å². The van der Waals surface area contributed by atoms with Gasteiger partial charge in [0.15, 0.2) is 0 Å². The molecule has 0 radical (unpaired) electrons. The van der Waals surface area contributed by atoms with Gasteiger partial charge in [-0.15, -0.1) is 0 Å². The maximum absolute atomic E-state index is 2.33. The molecule has 0 saturated carbocycles. The summed E-state index contributed by atoms with van der Waals surface area (Å²) in [6.45, 7) is 6.70. The van der Waals surface area contributed by atoms with Crippen molar-refractivity contribution in [1.82, 2.24) is 0 Å². The number of hydrogen-bond donors (Lipinski definition) is 0. The monoisotopic (exact) mass is 234 g/mol. The fourth-order valence-corrected chi connectivity index (χ4v) is 3.02. The zero-order valence-electron chi connectivity index (χ0n) is 11.2. The van der Waals surface area contributed by atoms with Gasteiger partial charge in [-0.05, 0) is 34.7 Å². The van der Waals surface area contributed by atoms with Crippen molar-refractivity contribution in [2.45, 2.75) is 26.2 Å². The Bertz CT molecular complexity index is 630. The first-order chi connectivity index (χ1) is 8.64. The lowest BCUT2D eigenvalue weighted by atomic mass is 9.82. The molecular formula is C18H18. The first-order valence-electron chi connectivity index (χ1n) is 6.51. The van der Waals surface area contributed by atoms with Gasteiger partial charge in [0, 0.05) is 5.41 Å². The van der Waals surface area contributed by atoms with Crippen LogP contribution in [0.5, 0.6) is 0 Å². The molecule has 0 nitrogen and oxygen atoms in total. The summed E-state index contributed by atoms with van der Waals surface area (Å²) >= 11 is 0. The zero-order valence-corrected chi connectivity index (χ0v) is 11.2. The predicted molar refractivity (Wildman–Crippen MR) is 78.7 cm³/mol. The second-order valence-corrected chi connectivity index (χ2v) is 5.48. The summed E-state index contributed by atoms with van der Waals surface area (Å²) in [6.07, 6.45) is 4.26. The average molecular weight is 234 g/mol. The molecule has 0 amide bonds. The van der Waals surface area contributed by atoms with Gasteiger partial charge in [0.1, 0.15) is 0 Å². The Balaban J connectivity index is 2.28. The Hall–Kier alpha value is -1.82. The molecule has 2 aromatic carbocycles. The Labute approximate surface area is 109 Å². The average Bonchev–Trinajstić information content (AvgIpc) is 2.60. The van der Waals surface area contributed by atoms with Gasteiger partial charge in [0.25, 0.3) is 0 Å². The Morgan fingerprint density at radius 1 is 0.889 bits per heavy atom. The smallest absolute Gasteiger partial charge is 0.0159 e. The normalized spacial score (nSPS) is 15.7. The number of fused-ring (bicyclic) bond motifs is 3. The summed E-state index contributed by atoms with van der Waals surface area (Å²) < 4.78 is 0. The van der Waals surface area contributed by atoms with E-state index in [9.17, 15) is 0 Å². The van der Waals surface area contributed by atoms with Gasteiger partial charge in [-0.2, -0.15) is 0 Å². The fourth-order valence-electron chi connectivity index (χ4n) is 3.02. The number of hydrogen-bond acceptors (Lipinski definition) is 0. The second-order valence-electron chi connectivity index (χ2n) is 5.48. The van der Waals surface area contributed by atoms with Gasteiger partial charge in [0.2, 0.25) is 0 Å². The minimum atomic E-state index is 0.115. The van der Waals surface area contributed by atoms with Crippen molar-refractivity contribution < 1.29 is 0 Å². The highest BCUT2D eigenvalue weighted by Gasteiger charge is 2.34. The minimum Gasteiger partial charge on any atom is -0.0871 e. The van der Waals surface area contributed by atoms with E-state index in [1.54, 1.807) is 0 Å². The molecule has 0 aliphatic heterocycles. The van der Waals surface area contributed by atoms with Crippen LogP contribution in [0.4, 0.5) is 0 Å². The molecule has 0 spiro atoms. The lowest BCUT2D eigenvalue weighted by Gasteiger charge is -2.21. The largest absolute Gasteiger partial charge is 0.0871 e. The van der Waals surface area contributed by atoms with Gasteiger partial charge in [-0.3, -0.25) is 0 Å². The highest BCUT2D eigenvalue weighted by atomic mass is 14.4. The van der Waals surface area contributed by atoms with E-state index in [0.29, 0.717) is 0 Å². The predicted octanol–water partition coefficient (Wildman–Crippen LogP) is 5.03. The number of benzene rings is 2. The molecular weight excluding hydrogens is 216 g/mol. The van der Waals surface area contributed by atoms with Crippen molar-refractivity contribution in [2.75, 3.05) is 0 Å². The van der Waals surface area contributed by atoms with Crippen molar-refractivity contribution in [3.63, 3.8) is 0 Å². The van der Waals surface area contributed by atoms with E-state index in [2.05, 4.69) is 75.4 Å². The second kappa shape index (κ2) is 3.84. The van der Waals surface area contributed by atoms with E-state index in [4.69, 9.17) is 0 Å². The molecule has 18 heavy (non-hydrogen) atoms. The van der Waals surface area contributed by atoms with Crippen LogP contribution in [0.1, 0.15) is 37.5 Å². The minimum absolute atomic E-state index is 0.115. The third-order valence-corrected chi connectivity index (χ3v) is 3.97. The molecule has 0 N–H and O–H groups in total. The van der Waals surface area contributed by atoms with Crippen LogP contribution in [0.25, 0.3) is 17.2 Å². The molecule has 90 valence electrons. The molecule has 0 saturated heterocycles. The van der Waals surface area contributed by atoms with Crippen LogP contribution in [0.3, 0.4) is 0 Å². The maximum atomic E-state index is 2.33. The fraction of sp³-hybridized carbons (Fsp3) is 0.222. The molecule has 0 atom stereocenters. The first-order valence-corrected chi connectivity index (χ1v) is 6.51. The van der Waals surface area contributed by atoms with Crippen LogP contribution in [0.2, 0.25) is 0 Å². The molecule has 3 rings (SSSR count).